The minimum atomic E-state index is 0. The molecule has 0 bridgehead atoms. The molecule has 0 amide bonds. The molecule has 0 aliphatic carbocycles. The van der Waals surface area contributed by atoms with Gasteiger partial charge in [0.15, 0.2) is 0 Å². The molecule has 0 atom stereocenters. The van der Waals surface area contributed by atoms with Crippen molar-refractivity contribution in [1.82, 2.24) is 19.9 Å². The average Bonchev–Trinajstić information content (AvgIpc) is 2.85. The summed E-state index contributed by atoms with van der Waals surface area (Å²) in [6.45, 7) is 4.25. The molecule has 14 heavy (non-hydrogen) atoms. The third-order valence-electron chi connectivity index (χ3n) is 0.812. The van der Waals surface area contributed by atoms with Crippen LogP contribution in [0.2, 0.25) is 0 Å². The molecule has 80 valence electrons. The van der Waals surface area contributed by atoms with Gasteiger partial charge >= 0.3 is 0 Å². The Labute approximate surface area is 90.6 Å². The topological polar surface area (TPSA) is 57.4 Å². The molecule has 0 aromatic carbocycles. The van der Waals surface area contributed by atoms with E-state index in [2.05, 4.69) is 33.8 Å². The van der Waals surface area contributed by atoms with Gasteiger partial charge in [-0.3, -0.25) is 0 Å². The van der Waals surface area contributed by atoms with Gasteiger partial charge in [-0.25, -0.2) is 9.97 Å². The molecule has 0 saturated heterocycles. The van der Waals surface area contributed by atoms with Crippen molar-refractivity contribution in [1.29, 1.82) is 0 Å². The molecule has 4 nitrogen and oxygen atoms in total. The van der Waals surface area contributed by atoms with Gasteiger partial charge in [0.25, 0.3) is 0 Å². The van der Waals surface area contributed by atoms with E-state index in [9.17, 15) is 0 Å². The van der Waals surface area contributed by atoms with Gasteiger partial charge < -0.3 is 9.97 Å². The number of nitrogens with zero attached hydrogens (tertiary/aromatic N) is 2. The Bertz CT molecular complexity index is 168. The van der Waals surface area contributed by atoms with Gasteiger partial charge in [-0.05, 0) is 0 Å². The maximum atomic E-state index is 3.67. The smallest absolute Gasteiger partial charge is 0.0919 e. The predicted molar refractivity (Wildman–Crippen MR) is 60.4 cm³/mol. The molecule has 0 radical (unpaired) electrons. The van der Waals surface area contributed by atoms with E-state index < -0.39 is 0 Å². The highest BCUT2D eigenvalue weighted by Crippen LogP contribution is 1.63. The first kappa shape index (κ1) is 15.2. The Balaban J connectivity index is 0. The quantitative estimate of drug-likeness (QED) is 0.712. The molecular weight excluding hydrogens is 200 g/mol. The fraction of sp³-hybridized carbons (Fsp3) is 0.333. The lowest BCUT2D eigenvalue weighted by Gasteiger charge is -1.48. The van der Waals surface area contributed by atoms with E-state index in [-0.39, 0.29) is 12.4 Å². The van der Waals surface area contributed by atoms with Crippen LogP contribution in [0, 0.1) is 0 Å². The van der Waals surface area contributed by atoms with Crippen molar-refractivity contribution in [3.63, 3.8) is 0 Å². The number of imidazole rings is 2. The highest BCUT2D eigenvalue weighted by atomic mass is 35.5. The second-order valence-corrected chi connectivity index (χ2v) is 2.23. The third kappa shape index (κ3) is 13.3. The number of aromatic nitrogens is 4. The van der Waals surface area contributed by atoms with Crippen LogP contribution in [0.4, 0.5) is 0 Å². The summed E-state index contributed by atoms with van der Waals surface area (Å²) in [6.07, 6.45) is 11.4. The van der Waals surface area contributed by atoms with Crippen molar-refractivity contribution >= 4 is 12.4 Å². The highest BCUT2D eigenvalue weighted by Gasteiger charge is 1.56. The Kier molecular flexibility index (Phi) is 15.5. The van der Waals surface area contributed by atoms with Crippen LogP contribution in [-0.4, -0.2) is 19.9 Å². The van der Waals surface area contributed by atoms with Crippen LogP contribution < -0.4 is 0 Å². The molecule has 0 fully saturated rings. The first-order chi connectivity index (χ1) is 6.41. The summed E-state index contributed by atoms with van der Waals surface area (Å²) in [5, 5.41) is 0. The van der Waals surface area contributed by atoms with Gasteiger partial charge in [0.1, 0.15) is 0 Å². The summed E-state index contributed by atoms with van der Waals surface area (Å²) >= 11 is 0. The monoisotopic (exact) mass is 216 g/mol. The maximum Gasteiger partial charge on any atom is 0.0919 e. The van der Waals surface area contributed by atoms with Crippen molar-refractivity contribution in [3.05, 3.63) is 37.4 Å². The van der Waals surface area contributed by atoms with Gasteiger partial charge in [-0.15, -0.1) is 12.4 Å². The van der Waals surface area contributed by atoms with E-state index in [1.807, 2.05) is 0 Å². The zero-order valence-electron chi connectivity index (χ0n) is 8.47. The van der Waals surface area contributed by atoms with Crippen LogP contribution in [0.25, 0.3) is 0 Å². The summed E-state index contributed by atoms with van der Waals surface area (Å²) in [7, 11) is 0. The molecule has 5 heteroatoms. The zero-order valence-corrected chi connectivity index (χ0v) is 9.29. The number of halogens is 1. The number of hydrogen-bond acceptors (Lipinski definition) is 2. The van der Waals surface area contributed by atoms with Crippen molar-refractivity contribution in [2.75, 3.05) is 0 Å². The standard InChI is InChI=1S/2C3H4N2.C3H8.ClH/c2*1-2-5-3-4-1;1-3-2;/h2*1-3H,(H,4,5);3H2,1-2H3;1H. The second-order valence-electron chi connectivity index (χ2n) is 2.23. The summed E-state index contributed by atoms with van der Waals surface area (Å²) in [5.41, 5.74) is 0. The minimum absolute atomic E-state index is 0. The van der Waals surface area contributed by atoms with Crippen LogP contribution >= 0.6 is 12.4 Å². The van der Waals surface area contributed by atoms with Crippen molar-refractivity contribution < 1.29 is 0 Å². The Hall–Kier alpha value is -1.29. The van der Waals surface area contributed by atoms with Gasteiger partial charge in [0.05, 0.1) is 12.7 Å². The summed E-state index contributed by atoms with van der Waals surface area (Å²) in [4.78, 5) is 12.8. The third-order valence-corrected chi connectivity index (χ3v) is 0.812. The van der Waals surface area contributed by atoms with E-state index in [4.69, 9.17) is 0 Å². The van der Waals surface area contributed by atoms with Gasteiger partial charge in [-0.1, -0.05) is 20.3 Å². The van der Waals surface area contributed by atoms with Crippen LogP contribution in [0.5, 0.6) is 0 Å². The molecule has 2 heterocycles. The number of nitrogens with one attached hydrogen (secondary N) is 2. The molecule has 0 aliphatic heterocycles. The van der Waals surface area contributed by atoms with Gasteiger partial charge in [0.2, 0.25) is 0 Å². The normalized spacial score (nSPS) is 7.00. The number of hydrogen-bond donors (Lipinski definition) is 2. The number of H-pyrrole nitrogens is 2. The molecule has 0 aliphatic rings. The lowest BCUT2D eigenvalue weighted by molar-refractivity contribution is 1.09. The predicted octanol–water partition coefficient (Wildman–Crippen LogP) is 2.66. The molecule has 0 unspecified atom stereocenters. The molecular formula is C9H17ClN4. The van der Waals surface area contributed by atoms with Crippen molar-refractivity contribution in [3.8, 4) is 0 Å². The summed E-state index contributed by atoms with van der Waals surface area (Å²) < 4.78 is 0. The van der Waals surface area contributed by atoms with Crippen LogP contribution in [0.3, 0.4) is 0 Å². The highest BCUT2D eigenvalue weighted by molar-refractivity contribution is 5.85. The van der Waals surface area contributed by atoms with E-state index >= 15 is 0 Å². The largest absolute Gasteiger partial charge is 0.351 e. The van der Waals surface area contributed by atoms with Gasteiger partial charge in [0, 0.05) is 24.8 Å². The van der Waals surface area contributed by atoms with Crippen LogP contribution in [0.1, 0.15) is 20.3 Å². The summed E-state index contributed by atoms with van der Waals surface area (Å²) in [5.74, 6) is 0. The number of aromatic amines is 2. The maximum absolute atomic E-state index is 3.67. The lowest BCUT2D eigenvalue weighted by atomic mass is 10.6. The molecule has 2 rings (SSSR count). The Morgan fingerprint density at radius 3 is 1.36 bits per heavy atom. The van der Waals surface area contributed by atoms with Crippen molar-refractivity contribution in [2.24, 2.45) is 0 Å². The molecule has 2 aromatic rings. The molecule has 2 aromatic heterocycles. The minimum Gasteiger partial charge on any atom is -0.351 e. The molecule has 0 spiro atoms. The fourth-order valence-corrected chi connectivity index (χ4v) is 0.430. The van der Waals surface area contributed by atoms with E-state index in [1.165, 1.54) is 6.42 Å². The SMILES string of the molecule is CCC.Cl.c1c[nH]cn1.c1c[nH]cn1. The van der Waals surface area contributed by atoms with Crippen molar-refractivity contribution in [2.45, 2.75) is 20.3 Å². The second kappa shape index (κ2) is 14.2. The molecule has 2 N–H and O–H groups in total. The first-order valence-electron chi connectivity index (χ1n) is 4.27. The van der Waals surface area contributed by atoms with E-state index in [1.54, 1.807) is 37.4 Å². The average molecular weight is 217 g/mol. The molecule has 0 saturated carbocycles. The van der Waals surface area contributed by atoms with E-state index in [0.717, 1.165) is 0 Å². The fourth-order valence-electron chi connectivity index (χ4n) is 0.430. The zero-order chi connectivity index (χ0) is 9.78. The number of rotatable bonds is 0. The first-order valence-corrected chi connectivity index (χ1v) is 4.27. The van der Waals surface area contributed by atoms with E-state index in [0.29, 0.717) is 0 Å². The van der Waals surface area contributed by atoms with Gasteiger partial charge in [-0.2, -0.15) is 0 Å². The van der Waals surface area contributed by atoms with Crippen LogP contribution in [0.15, 0.2) is 37.4 Å². The summed E-state index contributed by atoms with van der Waals surface area (Å²) in [6, 6.07) is 0. The lowest BCUT2D eigenvalue weighted by Crippen LogP contribution is -1.44. The Morgan fingerprint density at radius 1 is 0.929 bits per heavy atom. The Morgan fingerprint density at radius 2 is 1.29 bits per heavy atom. The van der Waals surface area contributed by atoms with Crippen LogP contribution in [-0.2, 0) is 0 Å².